The summed E-state index contributed by atoms with van der Waals surface area (Å²) in [5, 5.41) is 0. The molecule has 0 bridgehead atoms. The molecule has 16 heavy (non-hydrogen) atoms. The Morgan fingerprint density at radius 2 is 1.81 bits per heavy atom. The second-order valence-electron chi connectivity index (χ2n) is 4.05. The van der Waals surface area contributed by atoms with E-state index in [9.17, 15) is 0 Å². The molecule has 0 heterocycles. The molecule has 0 fully saturated rings. The molecule has 0 N–H and O–H groups in total. The lowest BCUT2D eigenvalue weighted by atomic mass is 9.92. The van der Waals surface area contributed by atoms with Crippen LogP contribution in [0.1, 0.15) is 38.3 Å². The number of hydrogen-bond donors (Lipinski definition) is 0. The molecular formula is C16H22. The molecule has 0 saturated carbocycles. The number of hydrogen-bond acceptors (Lipinski definition) is 0. The third-order valence-corrected chi connectivity index (χ3v) is 2.77. The molecule has 1 unspecified atom stereocenters. The monoisotopic (exact) mass is 214 g/mol. The SMILES string of the molecule is CC.Cc1ccccc1C1=CCC(C)C=C1. The number of benzene rings is 1. The van der Waals surface area contributed by atoms with Gasteiger partial charge in [-0.25, -0.2) is 0 Å². The Morgan fingerprint density at radius 1 is 1.12 bits per heavy atom. The smallest absolute Gasteiger partial charge is 0.0158 e. The minimum Gasteiger partial charge on any atom is -0.0808 e. The van der Waals surface area contributed by atoms with E-state index in [4.69, 9.17) is 0 Å². The highest BCUT2D eigenvalue weighted by molar-refractivity contribution is 5.76. The Balaban J connectivity index is 0.000000606. The maximum Gasteiger partial charge on any atom is -0.0158 e. The largest absolute Gasteiger partial charge is 0.0808 e. The summed E-state index contributed by atoms with van der Waals surface area (Å²) in [6, 6.07) is 8.56. The Hall–Kier alpha value is -1.30. The van der Waals surface area contributed by atoms with E-state index in [0.717, 1.165) is 0 Å². The molecule has 0 nitrogen and oxygen atoms in total. The van der Waals surface area contributed by atoms with Crippen LogP contribution in [0.2, 0.25) is 0 Å². The fourth-order valence-electron chi connectivity index (χ4n) is 1.82. The van der Waals surface area contributed by atoms with E-state index in [1.807, 2.05) is 13.8 Å². The average Bonchev–Trinajstić information content (AvgIpc) is 2.34. The summed E-state index contributed by atoms with van der Waals surface area (Å²) in [6.45, 7) is 8.42. The Bertz CT molecular complexity index is 383. The van der Waals surface area contributed by atoms with E-state index in [-0.39, 0.29) is 0 Å². The van der Waals surface area contributed by atoms with Crippen LogP contribution < -0.4 is 0 Å². The van der Waals surface area contributed by atoms with Gasteiger partial charge in [0, 0.05) is 0 Å². The molecule has 0 radical (unpaired) electrons. The van der Waals surface area contributed by atoms with Gasteiger partial charge in [0.25, 0.3) is 0 Å². The fraction of sp³-hybridized carbons (Fsp3) is 0.375. The van der Waals surface area contributed by atoms with Crippen LogP contribution in [0.25, 0.3) is 5.57 Å². The standard InChI is InChI=1S/C14H16.C2H6/c1-11-7-9-13(10-8-11)14-6-4-3-5-12(14)2;1-2/h3-7,9-11H,8H2,1-2H3;1-2H3. The van der Waals surface area contributed by atoms with E-state index in [0.29, 0.717) is 5.92 Å². The van der Waals surface area contributed by atoms with Crippen LogP contribution in [0.5, 0.6) is 0 Å². The van der Waals surface area contributed by atoms with Gasteiger partial charge in [0.1, 0.15) is 0 Å². The maximum atomic E-state index is 2.34. The van der Waals surface area contributed by atoms with Gasteiger partial charge in [0.15, 0.2) is 0 Å². The van der Waals surface area contributed by atoms with Gasteiger partial charge in [-0.2, -0.15) is 0 Å². The number of rotatable bonds is 1. The van der Waals surface area contributed by atoms with Gasteiger partial charge >= 0.3 is 0 Å². The summed E-state index contributed by atoms with van der Waals surface area (Å²) in [6.07, 6.45) is 8.05. The van der Waals surface area contributed by atoms with Gasteiger partial charge in [0.05, 0.1) is 0 Å². The summed E-state index contributed by atoms with van der Waals surface area (Å²) < 4.78 is 0. The quantitative estimate of drug-likeness (QED) is 0.617. The minimum absolute atomic E-state index is 0.697. The molecular weight excluding hydrogens is 192 g/mol. The molecule has 0 spiro atoms. The highest BCUT2D eigenvalue weighted by atomic mass is 14.1. The zero-order valence-electron chi connectivity index (χ0n) is 10.8. The van der Waals surface area contributed by atoms with Crippen LogP contribution in [0.15, 0.2) is 42.5 Å². The second-order valence-corrected chi connectivity index (χ2v) is 4.05. The van der Waals surface area contributed by atoms with Crippen LogP contribution in [0.3, 0.4) is 0 Å². The molecule has 0 aromatic heterocycles. The second kappa shape index (κ2) is 6.32. The van der Waals surface area contributed by atoms with Crippen molar-refractivity contribution in [2.45, 2.75) is 34.1 Å². The Labute approximate surface area is 99.7 Å². The Kier molecular flexibility index (Phi) is 5.04. The van der Waals surface area contributed by atoms with E-state index in [1.165, 1.54) is 23.1 Å². The maximum absolute atomic E-state index is 2.34. The molecule has 1 aliphatic rings. The first-order valence-electron chi connectivity index (χ1n) is 6.22. The molecule has 86 valence electrons. The summed E-state index contributed by atoms with van der Waals surface area (Å²) in [5.74, 6) is 0.697. The highest BCUT2D eigenvalue weighted by Crippen LogP contribution is 2.25. The van der Waals surface area contributed by atoms with Gasteiger partial charge in [0.2, 0.25) is 0 Å². The molecule has 1 aliphatic carbocycles. The lowest BCUT2D eigenvalue weighted by Crippen LogP contribution is -1.95. The van der Waals surface area contributed by atoms with Gasteiger partial charge in [-0.15, -0.1) is 0 Å². The summed E-state index contributed by atoms with van der Waals surface area (Å²) in [5.41, 5.74) is 4.11. The van der Waals surface area contributed by atoms with Gasteiger partial charge in [-0.1, -0.05) is 63.3 Å². The van der Waals surface area contributed by atoms with Crippen LogP contribution in [-0.4, -0.2) is 0 Å². The van der Waals surface area contributed by atoms with Crippen molar-refractivity contribution in [3.05, 3.63) is 53.6 Å². The van der Waals surface area contributed by atoms with Crippen molar-refractivity contribution in [3.8, 4) is 0 Å². The lowest BCUT2D eigenvalue weighted by molar-refractivity contribution is 0.739. The van der Waals surface area contributed by atoms with Crippen molar-refractivity contribution in [2.24, 2.45) is 5.92 Å². The van der Waals surface area contributed by atoms with Crippen molar-refractivity contribution >= 4 is 5.57 Å². The fourth-order valence-corrected chi connectivity index (χ4v) is 1.82. The molecule has 1 aromatic rings. The first-order valence-corrected chi connectivity index (χ1v) is 6.22. The van der Waals surface area contributed by atoms with Gasteiger partial charge in [-0.05, 0) is 36.0 Å². The predicted octanol–water partition coefficient (Wildman–Crippen LogP) is 5.00. The zero-order chi connectivity index (χ0) is 12.0. The van der Waals surface area contributed by atoms with Crippen molar-refractivity contribution in [3.63, 3.8) is 0 Å². The first kappa shape index (κ1) is 12.8. The van der Waals surface area contributed by atoms with Gasteiger partial charge in [-0.3, -0.25) is 0 Å². The van der Waals surface area contributed by atoms with Crippen LogP contribution in [0.4, 0.5) is 0 Å². The molecule has 0 saturated heterocycles. The number of aryl methyl sites for hydroxylation is 1. The van der Waals surface area contributed by atoms with E-state index in [1.54, 1.807) is 0 Å². The minimum atomic E-state index is 0.697. The average molecular weight is 214 g/mol. The van der Waals surface area contributed by atoms with Crippen molar-refractivity contribution in [1.82, 2.24) is 0 Å². The van der Waals surface area contributed by atoms with Crippen molar-refractivity contribution in [2.75, 3.05) is 0 Å². The third-order valence-electron chi connectivity index (χ3n) is 2.77. The van der Waals surface area contributed by atoms with E-state index in [2.05, 4.69) is 56.3 Å². The van der Waals surface area contributed by atoms with Crippen molar-refractivity contribution in [1.29, 1.82) is 0 Å². The summed E-state index contributed by atoms with van der Waals surface area (Å²) in [4.78, 5) is 0. The van der Waals surface area contributed by atoms with Crippen LogP contribution in [0, 0.1) is 12.8 Å². The number of allylic oxidation sites excluding steroid dienone is 4. The lowest BCUT2D eigenvalue weighted by Gasteiger charge is -2.13. The topological polar surface area (TPSA) is 0 Å². The normalized spacial score (nSPS) is 18.5. The van der Waals surface area contributed by atoms with Crippen LogP contribution in [-0.2, 0) is 0 Å². The third kappa shape index (κ3) is 3.10. The van der Waals surface area contributed by atoms with Crippen molar-refractivity contribution < 1.29 is 0 Å². The first-order chi connectivity index (χ1) is 7.77. The van der Waals surface area contributed by atoms with E-state index >= 15 is 0 Å². The molecule has 0 amide bonds. The van der Waals surface area contributed by atoms with Gasteiger partial charge < -0.3 is 0 Å². The Morgan fingerprint density at radius 3 is 2.38 bits per heavy atom. The zero-order valence-corrected chi connectivity index (χ0v) is 10.8. The molecule has 1 aromatic carbocycles. The molecule has 0 aliphatic heterocycles. The molecule has 2 rings (SSSR count). The summed E-state index contributed by atoms with van der Waals surface area (Å²) in [7, 11) is 0. The highest BCUT2D eigenvalue weighted by Gasteiger charge is 2.06. The van der Waals surface area contributed by atoms with Crippen LogP contribution >= 0.6 is 0 Å². The molecule has 0 heteroatoms. The molecule has 1 atom stereocenters. The summed E-state index contributed by atoms with van der Waals surface area (Å²) >= 11 is 0. The predicted molar refractivity (Wildman–Crippen MR) is 73.4 cm³/mol. The van der Waals surface area contributed by atoms with E-state index < -0.39 is 0 Å².